The first-order valence-corrected chi connectivity index (χ1v) is 9.28. The Morgan fingerprint density at radius 1 is 1.11 bits per heavy atom. The number of carbonyl (C=O) groups excluding carboxylic acids is 3. The van der Waals surface area contributed by atoms with Gasteiger partial charge in [0.2, 0.25) is 0 Å². The predicted molar refractivity (Wildman–Crippen MR) is 102 cm³/mol. The second-order valence-electron chi connectivity index (χ2n) is 7.58. The largest absolute Gasteiger partial charge is 0.325 e. The molecule has 2 aromatic rings. The fraction of sp³-hybridized carbons (Fsp3) is 0.318. The highest BCUT2D eigenvalue weighted by molar-refractivity contribution is 6.11. The summed E-state index contributed by atoms with van der Waals surface area (Å²) in [6.45, 7) is 3.93. The molecule has 1 heterocycles. The molecule has 0 bridgehead atoms. The Kier molecular flexibility index (Phi) is 4.10. The van der Waals surface area contributed by atoms with Crippen molar-refractivity contribution < 1.29 is 14.4 Å². The second-order valence-corrected chi connectivity index (χ2v) is 7.58. The van der Waals surface area contributed by atoms with Crippen LogP contribution in [0.3, 0.4) is 0 Å². The third-order valence-electron chi connectivity index (χ3n) is 5.62. The highest BCUT2D eigenvalue weighted by atomic mass is 16.2. The summed E-state index contributed by atoms with van der Waals surface area (Å²) in [5.41, 5.74) is 2.55. The van der Waals surface area contributed by atoms with Crippen LogP contribution in [0.1, 0.15) is 53.2 Å². The Hall–Kier alpha value is -2.95. The van der Waals surface area contributed by atoms with Gasteiger partial charge < -0.3 is 5.32 Å². The number of fused-ring (bicyclic) bond motifs is 2. The summed E-state index contributed by atoms with van der Waals surface area (Å²) in [4.78, 5) is 39.3. The van der Waals surface area contributed by atoms with Crippen molar-refractivity contribution in [2.75, 3.05) is 6.54 Å². The predicted octanol–water partition coefficient (Wildman–Crippen LogP) is 3.39. The summed E-state index contributed by atoms with van der Waals surface area (Å²) >= 11 is 0. The lowest BCUT2D eigenvalue weighted by Crippen LogP contribution is -2.42. The molecule has 5 nitrogen and oxygen atoms in total. The van der Waals surface area contributed by atoms with Gasteiger partial charge in [-0.1, -0.05) is 62.4 Å². The van der Waals surface area contributed by atoms with Gasteiger partial charge in [0, 0.05) is 5.56 Å². The fourth-order valence-corrected chi connectivity index (χ4v) is 4.02. The van der Waals surface area contributed by atoms with Crippen molar-refractivity contribution in [1.29, 1.82) is 0 Å². The van der Waals surface area contributed by atoms with Gasteiger partial charge >= 0.3 is 6.03 Å². The van der Waals surface area contributed by atoms with E-state index in [4.69, 9.17) is 0 Å². The number of Topliss-reactive ketones (excluding diaryl/α,β-unsaturated/α-hetero) is 1. The molecule has 1 saturated heterocycles. The molecule has 4 rings (SSSR count). The molecule has 1 fully saturated rings. The molecule has 3 amide bonds. The maximum absolute atomic E-state index is 13.1. The van der Waals surface area contributed by atoms with E-state index in [1.54, 1.807) is 12.1 Å². The number of aryl methyl sites for hydroxylation is 1. The van der Waals surface area contributed by atoms with E-state index < -0.39 is 11.6 Å². The number of imide groups is 1. The van der Waals surface area contributed by atoms with Gasteiger partial charge in [-0.25, -0.2) is 4.79 Å². The molecule has 0 radical (unpaired) electrons. The fourth-order valence-electron chi connectivity index (χ4n) is 4.02. The average molecular weight is 362 g/mol. The first-order valence-electron chi connectivity index (χ1n) is 9.28. The molecule has 27 heavy (non-hydrogen) atoms. The van der Waals surface area contributed by atoms with Crippen molar-refractivity contribution in [2.24, 2.45) is 0 Å². The molecule has 0 saturated carbocycles. The van der Waals surface area contributed by atoms with E-state index in [0.717, 1.165) is 28.0 Å². The topological polar surface area (TPSA) is 66.5 Å². The number of nitrogens with zero attached hydrogens (tertiary/aromatic N) is 1. The van der Waals surface area contributed by atoms with Crippen LogP contribution in [0.15, 0.2) is 48.5 Å². The first-order chi connectivity index (χ1) is 12.9. The number of hydrogen-bond donors (Lipinski definition) is 1. The van der Waals surface area contributed by atoms with Gasteiger partial charge in [-0.3, -0.25) is 14.5 Å². The molecule has 1 unspecified atom stereocenters. The van der Waals surface area contributed by atoms with E-state index in [1.807, 2.05) is 36.4 Å². The quantitative estimate of drug-likeness (QED) is 0.670. The molecule has 2 aliphatic rings. The summed E-state index contributed by atoms with van der Waals surface area (Å²) in [5.74, 6) is -0.191. The summed E-state index contributed by atoms with van der Waals surface area (Å²) in [5, 5.41) is 2.85. The number of ketones is 1. The molecule has 1 spiro atoms. The average Bonchev–Trinajstić information content (AvgIpc) is 3.15. The van der Waals surface area contributed by atoms with E-state index in [0.29, 0.717) is 17.9 Å². The van der Waals surface area contributed by atoms with Crippen LogP contribution in [0.2, 0.25) is 0 Å². The van der Waals surface area contributed by atoms with E-state index in [9.17, 15) is 14.4 Å². The van der Waals surface area contributed by atoms with Crippen molar-refractivity contribution in [3.63, 3.8) is 0 Å². The molecule has 0 aromatic heterocycles. The molecule has 2 aromatic carbocycles. The van der Waals surface area contributed by atoms with Gasteiger partial charge in [-0.05, 0) is 35.4 Å². The third kappa shape index (κ3) is 2.74. The minimum absolute atomic E-state index is 0.239. The molecule has 1 aliphatic heterocycles. The van der Waals surface area contributed by atoms with Crippen molar-refractivity contribution >= 4 is 17.7 Å². The van der Waals surface area contributed by atoms with E-state index >= 15 is 0 Å². The lowest BCUT2D eigenvalue weighted by Gasteiger charge is -2.22. The van der Waals surface area contributed by atoms with Crippen LogP contribution < -0.4 is 5.32 Å². The Bertz CT molecular complexity index is 933. The summed E-state index contributed by atoms with van der Waals surface area (Å²) in [7, 11) is 0. The first kappa shape index (κ1) is 17.5. The second kappa shape index (κ2) is 6.34. The zero-order valence-corrected chi connectivity index (χ0v) is 15.5. The van der Waals surface area contributed by atoms with Crippen LogP contribution >= 0.6 is 0 Å². The minimum atomic E-state index is -1.02. The summed E-state index contributed by atoms with van der Waals surface area (Å²) in [6, 6.07) is 14.5. The van der Waals surface area contributed by atoms with Crippen LogP contribution in [0.5, 0.6) is 0 Å². The van der Waals surface area contributed by atoms with Crippen LogP contribution in [-0.2, 0) is 16.8 Å². The molecule has 1 aliphatic carbocycles. The van der Waals surface area contributed by atoms with Gasteiger partial charge in [-0.15, -0.1) is 0 Å². The van der Waals surface area contributed by atoms with E-state index in [1.165, 1.54) is 0 Å². The normalized spacial score (nSPS) is 21.1. The molecular formula is C22H22N2O3. The smallest absolute Gasteiger partial charge is 0.319 e. The van der Waals surface area contributed by atoms with Crippen LogP contribution in [-0.4, -0.2) is 29.2 Å². The highest BCUT2D eigenvalue weighted by Gasteiger charge is 2.55. The summed E-state index contributed by atoms with van der Waals surface area (Å²) in [6.07, 6.45) is 1.27. The van der Waals surface area contributed by atoms with Crippen molar-refractivity contribution in [3.8, 4) is 0 Å². The van der Waals surface area contributed by atoms with E-state index in [2.05, 4.69) is 19.2 Å². The molecule has 138 valence electrons. The standard InChI is InChI=1S/C22H22N2O3/c1-14(2)15-7-9-17(10-8-15)19(25)13-24-20(26)22(23-21(24)27)12-11-16-5-3-4-6-18(16)22/h3-10,14H,11-13H2,1-2H3,(H,23,27). The van der Waals surface area contributed by atoms with Crippen LogP contribution in [0, 0.1) is 0 Å². The van der Waals surface area contributed by atoms with E-state index in [-0.39, 0.29) is 18.2 Å². The molecular weight excluding hydrogens is 340 g/mol. The highest BCUT2D eigenvalue weighted by Crippen LogP contribution is 2.41. The molecule has 1 atom stereocenters. The monoisotopic (exact) mass is 362 g/mol. The Morgan fingerprint density at radius 3 is 2.52 bits per heavy atom. The number of benzene rings is 2. The van der Waals surface area contributed by atoms with Gasteiger partial charge in [0.05, 0.1) is 6.54 Å². The van der Waals surface area contributed by atoms with Crippen molar-refractivity contribution in [3.05, 3.63) is 70.8 Å². The van der Waals surface area contributed by atoms with Crippen molar-refractivity contribution in [1.82, 2.24) is 10.2 Å². The SMILES string of the molecule is CC(C)c1ccc(C(=O)CN2C(=O)NC3(CCc4ccccc43)C2=O)cc1. The maximum atomic E-state index is 13.1. The van der Waals surface area contributed by atoms with Gasteiger partial charge in [0.15, 0.2) is 5.78 Å². The number of urea groups is 1. The third-order valence-corrected chi connectivity index (χ3v) is 5.62. The van der Waals surface area contributed by atoms with Gasteiger partial charge in [0.25, 0.3) is 5.91 Å². The Balaban J connectivity index is 1.56. The summed E-state index contributed by atoms with van der Waals surface area (Å²) < 4.78 is 0. The Morgan fingerprint density at radius 2 is 1.81 bits per heavy atom. The van der Waals surface area contributed by atoms with Gasteiger partial charge in [0.1, 0.15) is 5.54 Å². The number of carbonyl (C=O) groups is 3. The van der Waals surface area contributed by atoms with Crippen LogP contribution in [0.25, 0.3) is 0 Å². The lowest BCUT2D eigenvalue weighted by atomic mass is 9.92. The Labute approximate surface area is 158 Å². The number of nitrogens with one attached hydrogen (secondary N) is 1. The minimum Gasteiger partial charge on any atom is -0.319 e. The van der Waals surface area contributed by atoms with Crippen molar-refractivity contribution in [2.45, 2.75) is 38.1 Å². The molecule has 1 N–H and O–H groups in total. The number of amides is 3. The zero-order valence-electron chi connectivity index (χ0n) is 15.5. The van der Waals surface area contributed by atoms with Gasteiger partial charge in [-0.2, -0.15) is 0 Å². The molecule has 5 heteroatoms. The number of hydrogen-bond acceptors (Lipinski definition) is 3. The maximum Gasteiger partial charge on any atom is 0.325 e. The van der Waals surface area contributed by atoms with Crippen LogP contribution in [0.4, 0.5) is 4.79 Å². The lowest BCUT2D eigenvalue weighted by molar-refractivity contribution is -0.131. The number of rotatable bonds is 4. The zero-order chi connectivity index (χ0) is 19.2.